The van der Waals surface area contributed by atoms with E-state index in [-0.39, 0.29) is 11.3 Å². The van der Waals surface area contributed by atoms with E-state index in [4.69, 9.17) is 6.42 Å². The van der Waals surface area contributed by atoms with Crippen molar-refractivity contribution in [2.24, 2.45) is 11.3 Å². The molecule has 2 aliphatic rings. The van der Waals surface area contributed by atoms with E-state index in [1.807, 2.05) is 0 Å². The van der Waals surface area contributed by atoms with Gasteiger partial charge in [0.05, 0.1) is 5.92 Å². The number of ketones is 1. The van der Waals surface area contributed by atoms with E-state index in [1.54, 1.807) is 0 Å². The van der Waals surface area contributed by atoms with Crippen LogP contribution in [0.3, 0.4) is 0 Å². The largest absolute Gasteiger partial charge is 0.303 e. The van der Waals surface area contributed by atoms with E-state index in [2.05, 4.69) is 17.7 Å². The highest BCUT2D eigenvalue weighted by atomic mass is 16.1. The molecule has 2 nitrogen and oxygen atoms in total. The number of piperidine rings is 1. The van der Waals surface area contributed by atoms with E-state index in [9.17, 15) is 4.79 Å². The number of carbonyl (C=O) groups is 1. The summed E-state index contributed by atoms with van der Waals surface area (Å²) in [7, 11) is 0. The Balaban J connectivity index is 1.51. The molecule has 154 valence electrons. The zero-order valence-corrected chi connectivity index (χ0v) is 17.9. The molecule has 0 radical (unpaired) electrons. The zero-order chi connectivity index (χ0) is 19.4. The normalized spacial score (nSPS) is 25.3. The highest BCUT2D eigenvalue weighted by Crippen LogP contribution is 2.42. The van der Waals surface area contributed by atoms with Crippen molar-refractivity contribution in [3.63, 3.8) is 0 Å². The third-order valence-electron chi connectivity index (χ3n) is 6.93. The van der Waals surface area contributed by atoms with Crippen LogP contribution >= 0.6 is 0 Å². The van der Waals surface area contributed by atoms with Crippen LogP contribution in [0.2, 0.25) is 0 Å². The van der Waals surface area contributed by atoms with E-state index < -0.39 is 0 Å². The molecule has 0 aromatic heterocycles. The first-order valence-corrected chi connectivity index (χ1v) is 11.9. The molecule has 0 aromatic carbocycles. The Kier molecular flexibility index (Phi) is 10.5. The summed E-state index contributed by atoms with van der Waals surface area (Å²) in [6, 6.07) is 0. The molecule has 0 N–H and O–H groups in total. The van der Waals surface area contributed by atoms with Gasteiger partial charge in [0, 0.05) is 13.0 Å². The van der Waals surface area contributed by atoms with Gasteiger partial charge in [-0.3, -0.25) is 4.79 Å². The average molecular weight is 374 g/mol. The molecule has 2 saturated heterocycles. The average Bonchev–Trinajstić information content (AvgIpc) is 2.96. The summed E-state index contributed by atoms with van der Waals surface area (Å²) < 4.78 is 0. The smallest absolute Gasteiger partial charge is 0.148 e. The predicted molar refractivity (Wildman–Crippen MR) is 116 cm³/mol. The van der Waals surface area contributed by atoms with Crippen LogP contribution in [0.15, 0.2) is 0 Å². The van der Waals surface area contributed by atoms with Crippen molar-refractivity contribution >= 4 is 5.78 Å². The number of hydrogen-bond acceptors (Lipinski definition) is 2. The van der Waals surface area contributed by atoms with Crippen LogP contribution in [-0.4, -0.2) is 30.3 Å². The highest BCUT2D eigenvalue weighted by Gasteiger charge is 2.42. The SMILES string of the molecule is C#CC(CCCCCCCCCCCCC)C(=O)CC12CCCN(CC1)C2. The van der Waals surface area contributed by atoms with Gasteiger partial charge in [0.1, 0.15) is 5.78 Å². The number of nitrogens with zero attached hydrogens (tertiary/aromatic N) is 1. The Hall–Kier alpha value is -0.810. The first-order valence-electron chi connectivity index (χ1n) is 11.9. The van der Waals surface area contributed by atoms with E-state index >= 15 is 0 Å². The van der Waals surface area contributed by atoms with E-state index in [1.165, 1.54) is 96.6 Å². The molecular weight excluding hydrogens is 330 g/mol. The third-order valence-corrected chi connectivity index (χ3v) is 6.93. The maximum absolute atomic E-state index is 12.8. The van der Waals surface area contributed by atoms with Gasteiger partial charge in [0.15, 0.2) is 0 Å². The lowest BCUT2D eigenvalue weighted by atomic mass is 9.74. The first-order chi connectivity index (χ1) is 13.2. The quantitative estimate of drug-likeness (QED) is 0.245. The maximum atomic E-state index is 12.8. The van der Waals surface area contributed by atoms with Gasteiger partial charge >= 0.3 is 0 Å². The summed E-state index contributed by atoms with van der Waals surface area (Å²) >= 11 is 0. The topological polar surface area (TPSA) is 20.3 Å². The molecule has 2 aliphatic heterocycles. The molecular formula is C25H43NO. The Morgan fingerprint density at radius 1 is 0.963 bits per heavy atom. The van der Waals surface area contributed by atoms with Crippen LogP contribution in [0.25, 0.3) is 0 Å². The van der Waals surface area contributed by atoms with Crippen molar-refractivity contribution < 1.29 is 4.79 Å². The fourth-order valence-electron chi connectivity index (χ4n) is 5.18. The molecule has 0 spiro atoms. The number of hydrogen-bond donors (Lipinski definition) is 0. The van der Waals surface area contributed by atoms with Gasteiger partial charge in [-0.15, -0.1) is 6.42 Å². The number of rotatable bonds is 15. The van der Waals surface area contributed by atoms with Gasteiger partial charge in [-0.05, 0) is 44.2 Å². The molecule has 2 rings (SSSR count). The summed E-state index contributed by atoms with van der Waals surface area (Å²) in [5, 5.41) is 0. The Bertz CT molecular complexity index is 461. The van der Waals surface area contributed by atoms with Gasteiger partial charge in [0.2, 0.25) is 0 Å². The van der Waals surface area contributed by atoms with Gasteiger partial charge in [-0.2, -0.15) is 0 Å². The van der Waals surface area contributed by atoms with Crippen LogP contribution in [0, 0.1) is 23.7 Å². The van der Waals surface area contributed by atoms with E-state index in [0.717, 1.165) is 25.8 Å². The van der Waals surface area contributed by atoms with Crippen LogP contribution in [0.5, 0.6) is 0 Å². The summed E-state index contributed by atoms with van der Waals surface area (Å²) in [5.41, 5.74) is 0.265. The molecule has 3 unspecified atom stereocenters. The van der Waals surface area contributed by atoms with Gasteiger partial charge in [-0.1, -0.05) is 83.5 Å². The van der Waals surface area contributed by atoms with Gasteiger partial charge in [-0.25, -0.2) is 0 Å². The molecule has 27 heavy (non-hydrogen) atoms. The Morgan fingerprint density at radius 3 is 2.22 bits per heavy atom. The summed E-state index contributed by atoms with van der Waals surface area (Å²) in [6.07, 6.45) is 25.8. The lowest BCUT2D eigenvalue weighted by Crippen LogP contribution is -2.36. The summed E-state index contributed by atoms with van der Waals surface area (Å²) in [4.78, 5) is 15.3. The van der Waals surface area contributed by atoms with Crippen molar-refractivity contribution in [3.05, 3.63) is 0 Å². The number of carbonyl (C=O) groups excluding carboxylic acids is 1. The maximum Gasteiger partial charge on any atom is 0.148 e. The summed E-state index contributed by atoms with van der Waals surface area (Å²) in [6.45, 7) is 5.82. The Morgan fingerprint density at radius 2 is 1.59 bits per heavy atom. The predicted octanol–water partition coefficient (Wildman–Crippen LogP) is 6.38. The lowest BCUT2D eigenvalue weighted by molar-refractivity contribution is -0.124. The third kappa shape index (κ3) is 7.98. The highest BCUT2D eigenvalue weighted by molar-refractivity contribution is 5.84. The second-order valence-corrected chi connectivity index (χ2v) is 9.32. The van der Waals surface area contributed by atoms with Crippen molar-refractivity contribution in [2.75, 3.05) is 19.6 Å². The fraction of sp³-hybridized carbons (Fsp3) is 0.880. The lowest BCUT2D eigenvalue weighted by Gasteiger charge is -2.34. The minimum Gasteiger partial charge on any atom is -0.303 e. The molecule has 0 amide bonds. The van der Waals surface area contributed by atoms with Crippen molar-refractivity contribution in [1.82, 2.24) is 4.90 Å². The molecule has 0 saturated carbocycles. The Labute approximate surface area is 168 Å². The summed E-state index contributed by atoms with van der Waals surface area (Å²) in [5.74, 6) is 3.04. The molecule has 2 fully saturated rings. The van der Waals surface area contributed by atoms with Gasteiger partial charge < -0.3 is 4.90 Å². The van der Waals surface area contributed by atoms with Crippen LogP contribution in [0.1, 0.15) is 110 Å². The molecule has 2 heterocycles. The minimum absolute atomic E-state index is 0.131. The van der Waals surface area contributed by atoms with Crippen LogP contribution in [0.4, 0.5) is 0 Å². The van der Waals surface area contributed by atoms with Gasteiger partial charge in [0.25, 0.3) is 0 Å². The standard InChI is InChI=1S/C25H43NO/c1-3-5-6-7-8-9-10-11-12-13-14-16-23(4-2)24(27)21-25-17-15-19-26(22-25)20-18-25/h2,23H,3,5-22H2,1H3. The van der Waals surface area contributed by atoms with Crippen molar-refractivity contribution in [1.29, 1.82) is 0 Å². The number of terminal acetylenes is 1. The molecule has 0 aliphatic carbocycles. The minimum atomic E-state index is -0.131. The molecule has 3 atom stereocenters. The molecule has 2 bridgehead atoms. The monoisotopic (exact) mass is 373 g/mol. The van der Waals surface area contributed by atoms with Crippen LogP contribution < -0.4 is 0 Å². The number of fused-ring (bicyclic) bond motifs is 2. The second kappa shape index (κ2) is 12.6. The number of Topliss-reactive ketones (excluding diaryl/α,β-unsaturated/α-hetero) is 1. The first kappa shape index (κ1) is 22.5. The number of unbranched alkanes of at least 4 members (excludes halogenated alkanes) is 10. The van der Waals surface area contributed by atoms with Crippen molar-refractivity contribution in [2.45, 2.75) is 110 Å². The van der Waals surface area contributed by atoms with Crippen molar-refractivity contribution in [3.8, 4) is 12.3 Å². The van der Waals surface area contributed by atoms with Crippen LogP contribution in [-0.2, 0) is 4.79 Å². The molecule has 2 heteroatoms. The van der Waals surface area contributed by atoms with E-state index in [0.29, 0.717) is 5.78 Å². The fourth-order valence-corrected chi connectivity index (χ4v) is 5.18. The molecule has 0 aromatic rings. The second-order valence-electron chi connectivity index (χ2n) is 9.32. The zero-order valence-electron chi connectivity index (χ0n) is 17.9.